The SMILES string of the molecule is Cc1cc(CCCOC(=O)CCSCCCn2c(=O)n(CCCSCCC(=O)OCCCc3cc(C)cc(C4(C)CCCCC4)c3O)c(=O)n(CCCSCCC(=O)OCCCc3cc(C)cc(C4(C)CCCCC4)c3O)c2=O)c(O)c(C2(C)CCCCC2)c1. The summed E-state index contributed by atoms with van der Waals surface area (Å²) in [6.07, 6.45) is 22.7. The molecule has 0 spiro atoms. The van der Waals surface area contributed by atoms with Crippen molar-refractivity contribution in [2.75, 3.05) is 54.3 Å². The highest BCUT2D eigenvalue weighted by molar-refractivity contribution is 7.99. The van der Waals surface area contributed by atoms with Crippen molar-refractivity contribution in [1.82, 2.24) is 13.7 Å². The summed E-state index contributed by atoms with van der Waals surface area (Å²) in [5.74, 6) is 3.43. The molecule has 0 aliphatic heterocycles. The summed E-state index contributed by atoms with van der Waals surface area (Å²) in [4.78, 5) is 80.0. The zero-order valence-corrected chi connectivity index (χ0v) is 57.6. The number of aromatic nitrogens is 3. The van der Waals surface area contributed by atoms with Crippen molar-refractivity contribution in [3.8, 4) is 17.2 Å². The second kappa shape index (κ2) is 35.8. The average molecular weight is 1300 g/mol. The molecule has 3 aromatic carbocycles. The molecule has 0 unspecified atom stereocenters. The Morgan fingerprint density at radius 1 is 0.400 bits per heavy atom. The van der Waals surface area contributed by atoms with Crippen LogP contribution in [0, 0.1) is 20.8 Å². The van der Waals surface area contributed by atoms with Gasteiger partial charge in [-0.1, -0.05) is 132 Å². The van der Waals surface area contributed by atoms with E-state index in [9.17, 15) is 44.1 Å². The number of carbonyl (C=O) groups is 3. The Hall–Kier alpha value is -5.07. The molecule has 0 bridgehead atoms. The second-order valence-corrected chi connectivity index (χ2v) is 30.4. The van der Waals surface area contributed by atoms with Gasteiger partial charge in [-0.15, -0.1) is 0 Å². The number of phenolic OH excluding ortho intramolecular Hbond substituents is 3. The summed E-state index contributed by atoms with van der Waals surface area (Å²) in [7, 11) is 0. The van der Waals surface area contributed by atoms with Crippen LogP contribution in [0.3, 0.4) is 0 Å². The first-order valence-corrected chi connectivity index (χ1v) is 37.3. The van der Waals surface area contributed by atoms with Crippen molar-refractivity contribution in [2.45, 2.75) is 251 Å². The Balaban J connectivity index is 0.843. The van der Waals surface area contributed by atoms with Crippen LogP contribution in [0.2, 0.25) is 0 Å². The smallest absolute Gasteiger partial charge is 0.336 e. The quantitative estimate of drug-likeness (QED) is 0.0220. The molecular formula is C72H105N3O12S3. The molecule has 4 aromatic rings. The van der Waals surface area contributed by atoms with Gasteiger partial charge in [-0.3, -0.25) is 14.4 Å². The summed E-state index contributed by atoms with van der Waals surface area (Å²) >= 11 is 4.59. The fourth-order valence-electron chi connectivity index (χ4n) is 13.9. The predicted octanol–water partition coefficient (Wildman–Crippen LogP) is 13.9. The van der Waals surface area contributed by atoms with Gasteiger partial charge in [0.05, 0.1) is 39.1 Å². The summed E-state index contributed by atoms with van der Waals surface area (Å²) in [6.45, 7) is 14.0. The molecule has 3 N–H and O–H groups in total. The molecule has 1 aromatic heterocycles. The van der Waals surface area contributed by atoms with Crippen LogP contribution in [0.15, 0.2) is 50.8 Å². The van der Waals surface area contributed by atoms with Crippen molar-refractivity contribution < 1.29 is 43.9 Å². The van der Waals surface area contributed by atoms with Crippen molar-refractivity contribution in [1.29, 1.82) is 0 Å². The minimum absolute atomic E-state index is 0.0255. The Bertz CT molecular complexity index is 2820. The molecular weight excluding hydrogens is 1200 g/mol. The standard InChI is InChI=1S/C72H105N3O12S3/c1-52-46-55(64(79)58(49-52)70(4)28-10-7-11-29-70)22-16-37-85-61(76)25-43-88-40-19-34-73-67(82)74(35-20-41-89-44-26-62(77)86-38-17-23-56-47-53(2)50-59(65(56)80)71(5)30-12-8-13-31-71)69(84)75(68(73)83)36-21-42-90-45-27-63(78)87-39-18-24-57-48-54(3)51-60(66(57)81)72(6)32-14-9-15-33-72/h46-51,79-81H,7-45H2,1-6H3. The topological polar surface area (TPSA) is 206 Å². The van der Waals surface area contributed by atoms with Gasteiger partial charge in [0.2, 0.25) is 0 Å². The third-order valence-corrected chi connectivity index (χ3v) is 22.3. The lowest BCUT2D eigenvalue weighted by Crippen LogP contribution is -2.54. The van der Waals surface area contributed by atoms with Crippen LogP contribution in [-0.4, -0.2) is 101 Å². The van der Waals surface area contributed by atoms with E-state index in [0.29, 0.717) is 110 Å². The normalized spacial score (nSPS) is 16.2. The molecule has 90 heavy (non-hydrogen) atoms. The van der Waals surface area contributed by atoms with Gasteiger partial charge in [-0.05, 0) is 167 Å². The number of aryl methyl sites for hydroxylation is 6. The number of thioether (sulfide) groups is 3. The molecule has 3 fully saturated rings. The number of carbonyl (C=O) groups excluding carboxylic acids is 3. The van der Waals surface area contributed by atoms with E-state index in [1.807, 2.05) is 18.2 Å². The number of esters is 3. The Kier molecular flexibility index (Phi) is 28.8. The molecule has 15 nitrogen and oxygen atoms in total. The van der Waals surface area contributed by atoms with Gasteiger partial charge in [-0.2, -0.15) is 35.3 Å². The summed E-state index contributed by atoms with van der Waals surface area (Å²) in [5, 5.41) is 33.9. The van der Waals surface area contributed by atoms with E-state index in [0.717, 1.165) is 102 Å². The molecule has 0 radical (unpaired) electrons. The van der Waals surface area contributed by atoms with Crippen LogP contribution in [0.4, 0.5) is 0 Å². The van der Waals surface area contributed by atoms with Gasteiger partial charge < -0.3 is 29.5 Å². The largest absolute Gasteiger partial charge is 0.507 e. The van der Waals surface area contributed by atoms with E-state index < -0.39 is 17.1 Å². The van der Waals surface area contributed by atoms with E-state index in [2.05, 4.69) is 59.7 Å². The number of aromatic hydroxyl groups is 3. The molecule has 18 heteroatoms. The molecule has 3 saturated carbocycles. The van der Waals surface area contributed by atoms with Crippen molar-refractivity contribution in [3.63, 3.8) is 0 Å². The number of ether oxygens (including phenoxy) is 3. The number of hydrogen-bond acceptors (Lipinski definition) is 15. The molecule has 3 aliphatic carbocycles. The number of hydrogen-bond donors (Lipinski definition) is 3. The lowest BCUT2D eigenvalue weighted by Gasteiger charge is -2.35. The lowest BCUT2D eigenvalue weighted by atomic mass is 9.70. The van der Waals surface area contributed by atoms with Gasteiger partial charge in [-0.25, -0.2) is 28.1 Å². The Labute approximate surface area is 548 Å². The van der Waals surface area contributed by atoms with E-state index in [1.54, 1.807) is 0 Å². The molecule has 0 saturated heterocycles. The number of rotatable bonds is 36. The van der Waals surface area contributed by atoms with Gasteiger partial charge in [0, 0.05) is 53.6 Å². The van der Waals surface area contributed by atoms with Crippen LogP contribution >= 0.6 is 35.3 Å². The summed E-state index contributed by atoms with van der Waals surface area (Å²) < 4.78 is 20.1. The van der Waals surface area contributed by atoms with Gasteiger partial charge in [0.1, 0.15) is 17.2 Å². The first-order chi connectivity index (χ1) is 43.2. The van der Waals surface area contributed by atoms with Crippen LogP contribution in [0.25, 0.3) is 0 Å². The number of phenols is 3. The van der Waals surface area contributed by atoms with Crippen molar-refractivity contribution in [3.05, 3.63) is 118 Å². The number of nitrogens with zero attached hydrogens (tertiary/aromatic N) is 3. The van der Waals surface area contributed by atoms with Crippen molar-refractivity contribution >= 4 is 53.2 Å². The molecule has 0 amide bonds. The third-order valence-electron chi connectivity index (χ3n) is 19.1. The maximum Gasteiger partial charge on any atom is 0.336 e. The van der Waals surface area contributed by atoms with Crippen LogP contribution in [0.1, 0.15) is 225 Å². The van der Waals surface area contributed by atoms with E-state index in [1.165, 1.54) is 93.1 Å². The first kappa shape index (κ1) is 72.4. The monoisotopic (exact) mass is 1300 g/mol. The summed E-state index contributed by atoms with van der Waals surface area (Å²) in [6, 6.07) is 12.5. The molecule has 7 rings (SSSR count). The van der Waals surface area contributed by atoms with E-state index in [-0.39, 0.29) is 92.9 Å². The zero-order valence-electron chi connectivity index (χ0n) is 55.1. The number of benzene rings is 3. The second-order valence-electron chi connectivity index (χ2n) is 26.7. The highest BCUT2D eigenvalue weighted by Gasteiger charge is 2.35. The fourth-order valence-corrected chi connectivity index (χ4v) is 16.4. The van der Waals surface area contributed by atoms with Gasteiger partial charge in [0.15, 0.2) is 0 Å². The summed E-state index contributed by atoms with van der Waals surface area (Å²) in [5.41, 5.74) is 7.07. The van der Waals surface area contributed by atoms with Crippen molar-refractivity contribution in [2.24, 2.45) is 0 Å². The van der Waals surface area contributed by atoms with Gasteiger partial charge >= 0.3 is 35.0 Å². The molecule has 3 aliphatic rings. The predicted molar refractivity (Wildman–Crippen MR) is 367 cm³/mol. The Morgan fingerprint density at radius 3 is 0.911 bits per heavy atom. The highest BCUT2D eigenvalue weighted by Crippen LogP contribution is 2.47. The molecule has 498 valence electrons. The van der Waals surface area contributed by atoms with Crippen LogP contribution in [0.5, 0.6) is 17.2 Å². The lowest BCUT2D eigenvalue weighted by molar-refractivity contribution is -0.144. The minimum atomic E-state index is -0.665. The zero-order chi connectivity index (χ0) is 64.7. The minimum Gasteiger partial charge on any atom is -0.507 e. The molecule has 1 heterocycles. The van der Waals surface area contributed by atoms with Crippen LogP contribution < -0.4 is 17.1 Å². The first-order valence-electron chi connectivity index (χ1n) is 33.9. The fraction of sp³-hybridized carbons (Fsp3) is 0.667. The average Bonchev–Trinajstić information content (AvgIpc) is 0.873. The maximum absolute atomic E-state index is 13.9. The van der Waals surface area contributed by atoms with E-state index in [4.69, 9.17) is 14.2 Å². The highest BCUT2D eigenvalue weighted by atomic mass is 32.2. The molecule has 0 atom stereocenters. The van der Waals surface area contributed by atoms with E-state index >= 15 is 0 Å². The van der Waals surface area contributed by atoms with Gasteiger partial charge in [0.25, 0.3) is 0 Å². The maximum atomic E-state index is 13.9. The van der Waals surface area contributed by atoms with Crippen LogP contribution in [-0.2, 0) is 83.7 Å². The Morgan fingerprint density at radius 2 is 0.656 bits per heavy atom. The third kappa shape index (κ3) is 21.0.